The van der Waals surface area contributed by atoms with Gasteiger partial charge in [0, 0.05) is 11.9 Å². The predicted molar refractivity (Wildman–Crippen MR) is 105 cm³/mol. The van der Waals surface area contributed by atoms with Crippen molar-refractivity contribution in [3.05, 3.63) is 65.2 Å². The van der Waals surface area contributed by atoms with E-state index in [9.17, 15) is 36.0 Å². The maximum atomic E-state index is 12.9. The number of nitrogens with one attached hydrogen (secondary N) is 1. The van der Waals surface area contributed by atoms with Crippen molar-refractivity contribution in [1.82, 2.24) is 4.90 Å². The highest BCUT2D eigenvalue weighted by Crippen LogP contribution is 2.31. The fourth-order valence-electron chi connectivity index (χ4n) is 3.19. The standard InChI is InChI=1S/C20H17F3N2O5S/c1-31(29,30)10-9-16(25-18(27)14-7-2-3-8-15(14)19(25)28)17(26)24-13-6-4-5-12(11-13)20(21,22)23/h2-8,11,16H,9-10H2,1H3,(H,24,26). The molecule has 0 aromatic heterocycles. The molecule has 0 spiro atoms. The molecule has 0 aliphatic carbocycles. The summed E-state index contributed by atoms with van der Waals surface area (Å²) in [4.78, 5) is 39.0. The lowest BCUT2D eigenvalue weighted by Gasteiger charge is -2.25. The van der Waals surface area contributed by atoms with Crippen LogP contribution in [0, 0.1) is 0 Å². The van der Waals surface area contributed by atoms with E-state index in [1.54, 1.807) is 0 Å². The van der Waals surface area contributed by atoms with Crippen molar-refractivity contribution >= 4 is 33.2 Å². The van der Waals surface area contributed by atoms with Crippen molar-refractivity contribution in [3.8, 4) is 0 Å². The van der Waals surface area contributed by atoms with Gasteiger partial charge in [-0.05, 0) is 36.8 Å². The Kier molecular flexibility index (Phi) is 5.90. The molecule has 7 nitrogen and oxygen atoms in total. The summed E-state index contributed by atoms with van der Waals surface area (Å²) in [6.07, 6.45) is -4.12. The minimum atomic E-state index is -4.64. The number of rotatable bonds is 6. The van der Waals surface area contributed by atoms with Gasteiger partial charge in [-0.3, -0.25) is 19.3 Å². The smallest absolute Gasteiger partial charge is 0.324 e. The summed E-state index contributed by atoms with van der Waals surface area (Å²) in [6.45, 7) is 0. The lowest BCUT2D eigenvalue weighted by Crippen LogP contribution is -2.48. The Morgan fingerprint density at radius 3 is 2.13 bits per heavy atom. The van der Waals surface area contributed by atoms with Crippen molar-refractivity contribution in [3.63, 3.8) is 0 Å². The lowest BCUT2D eigenvalue weighted by atomic mass is 10.1. The van der Waals surface area contributed by atoms with Gasteiger partial charge >= 0.3 is 6.18 Å². The number of fused-ring (bicyclic) bond motifs is 1. The maximum Gasteiger partial charge on any atom is 0.416 e. The third-order valence-corrected chi connectivity index (χ3v) is 5.64. The van der Waals surface area contributed by atoms with Gasteiger partial charge < -0.3 is 5.32 Å². The molecule has 3 rings (SSSR count). The van der Waals surface area contributed by atoms with Gasteiger partial charge in [0.15, 0.2) is 0 Å². The molecular weight excluding hydrogens is 437 g/mol. The zero-order valence-corrected chi connectivity index (χ0v) is 17.0. The van der Waals surface area contributed by atoms with Gasteiger partial charge in [0.25, 0.3) is 11.8 Å². The van der Waals surface area contributed by atoms with E-state index in [0.717, 1.165) is 18.4 Å². The minimum Gasteiger partial charge on any atom is -0.324 e. The number of nitrogens with zero attached hydrogens (tertiary/aromatic N) is 1. The summed E-state index contributed by atoms with van der Waals surface area (Å²) in [5, 5.41) is 2.26. The average molecular weight is 454 g/mol. The summed E-state index contributed by atoms with van der Waals surface area (Å²) >= 11 is 0. The molecule has 31 heavy (non-hydrogen) atoms. The molecule has 1 aliphatic rings. The zero-order valence-electron chi connectivity index (χ0n) is 16.1. The first-order valence-corrected chi connectivity index (χ1v) is 11.1. The molecule has 0 saturated carbocycles. The van der Waals surface area contributed by atoms with Crippen LogP contribution in [0.1, 0.15) is 32.7 Å². The molecule has 0 radical (unpaired) electrons. The second kappa shape index (κ2) is 8.14. The second-order valence-corrected chi connectivity index (χ2v) is 9.29. The Hall–Kier alpha value is -3.21. The predicted octanol–water partition coefficient (Wildman–Crippen LogP) is 2.74. The van der Waals surface area contributed by atoms with Crippen LogP contribution in [0.3, 0.4) is 0 Å². The van der Waals surface area contributed by atoms with E-state index in [2.05, 4.69) is 5.32 Å². The first-order valence-electron chi connectivity index (χ1n) is 9.01. The first kappa shape index (κ1) is 22.5. The van der Waals surface area contributed by atoms with Crippen LogP contribution in [-0.4, -0.2) is 49.1 Å². The van der Waals surface area contributed by atoms with Crippen LogP contribution in [0.4, 0.5) is 18.9 Å². The van der Waals surface area contributed by atoms with E-state index >= 15 is 0 Å². The molecule has 0 bridgehead atoms. The van der Waals surface area contributed by atoms with Crippen LogP contribution >= 0.6 is 0 Å². The average Bonchev–Trinajstić information content (AvgIpc) is 2.92. The summed E-state index contributed by atoms with van der Waals surface area (Å²) in [6, 6.07) is 8.14. The van der Waals surface area contributed by atoms with E-state index in [0.29, 0.717) is 11.0 Å². The molecular formula is C20H17F3N2O5S. The lowest BCUT2D eigenvalue weighted by molar-refractivity contribution is -0.137. The van der Waals surface area contributed by atoms with E-state index in [-0.39, 0.29) is 16.8 Å². The number of carbonyl (C=O) groups excluding carboxylic acids is 3. The van der Waals surface area contributed by atoms with E-state index < -0.39 is 57.5 Å². The number of benzene rings is 2. The van der Waals surface area contributed by atoms with Crippen molar-refractivity contribution in [1.29, 1.82) is 0 Å². The van der Waals surface area contributed by atoms with Gasteiger partial charge in [-0.1, -0.05) is 18.2 Å². The molecule has 1 unspecified atom stereocenters. The van der Waals surface area contributed by atoms with Gasteiger partial charge in [-0.15, -0.1) is 0 Å². The minimum absolute atomic E-state index is 0.0590. The fourth-order valence-corrected chi connectivity index (χ4v) is 3.84. The van der Waals surface area contributed by atoms with Crippen molar-refractivity contribution in [2.24, 2.45) is 0 Å². The second-order valence-electron chi connectivity index (χ2n) is 7.03. The number of anilines is 1. The van der Waals surface area contributed by atoms with Gasteiger partial charge in [-0.25, -0.2) is 8.42 Å². The van der Waals surface area contributed by atoms with Crippen LogP contribution < -0.4 is 5.32 Å². The molecule has 2 aromatic carbocycles. The van der Waals surface area contributed by atoms with Crippen LogP contribution in [0.5, 0.6) is 0 Å². The summed E-state index contributed by atoms with van der Waals surface area (Å²) in [5.41, 5.74) is -1.09. The van der Waals surface area contributed by atoms with E-state index in [1.165, 1.54) is 30.3 Å². The largest absolute Gasteiger partial charge is 0.416 e. The third-order valence-electron chi connectivity index (χ3n) is 4.66. The van der Waals surface area contributed by atoms with Crippen LogP contribution in [0.2, 0.25) is 0 Å². The van der Waals surface area contributed by atoms with Crippen molar-refractivity contribution < 1.29 is 36.0 Å². The van der Waals surface area contributed by atoms with Gasteiger partial charge in [0.05, 0.1) is 22.4 Å². The number of halogens is 3. The molecule has 1 heterocycles. The first-order chi connectivity index (χ1) is 14.4. The molecule has 11 heteroatoms. The summed E-state index contributed by atoms with van der Waals surface area (Å²) in [7, 11) is -3.56. The molecule has 1 aliphatic heterocycles. The Morgan fingerprint density at radius 1 is 1.03 bits per heavy atom. The Labute approximate surface area is 175 Å². The molecule has 1 N–H and O–H groups in total. The van der Waals surface area contributed by atoms with Crippen molar-refractivity contribution in [2.75, 3.05) is 17.3 Å². The fraction of sp³-hybridized carbons (Fsp3) is 0.250. The highest BCUT2D eigenvalue weighted by Gasteiger charge is 2.43. The molecule has 0 saturated heterocycles. The Bertz CT molecular complexity index is 1130. The molecule has 2 aromatic rings. The Balaban J connectivity index is 1.92. The molecule has 3 amide bonds. The van der Waals surface area contributed by atoms with Gasteiger partial charge in [-0.2, -0.15) is 13.2 Å². The topological polar surface area (TPSA) is 101 Å². The highest BCUT2D eigenvalue weighted by atomic mass is 32.2. The third kappa shape index (κ3) is 4.93. The monoisotopic (exact) mass is 454 g/mol. The number of hydrogen-bond acceptors (Lipinski definition) is 5. The number of sulfone groups is 1. The number of hydrogen-bond donors (Lipinski definition) is 1. The van der Waals surface area contributed by atoms with Crippen LogP contribution in [0.15, 0.2) is 48.5 Å². The van der Waals surface area contributed by atoms with E-state index in [4.69, 9.17) is 0 Å². The molecule has 1 atom stereocenters. The zero-order chi connectivity index (χ0) is 23.0. The number of amides is 3. The van der Waals surface area contributed by atoms with Crippen molar-refractivity contribution in [2.45, 2.75) is 18.6 Å². The molecule has 164 valence electrons. The summed E-state index contributed by atoms with van der Waals surface area (Å²) in [5.74, 6) is -3.05. The maximum absolute atomic E-state index is 12.9. The van der Waals surface area contributed by atoms with Gasteiger partial charge in [0.2, 0.25) is 5.91 Å². The Morgan fingerprint density at radius 2 is 1.61 bits per heavy atom. The normalized spacial score (nSPS) is 15.0. The number of imide groups is 1. The van der Waals surface area contributed by atoms with Gasteiger partial charge in [0.1, 0.15) is 15.9 Å². The highest BCUT2D eigenvalue weighted by molar-refractivity contribution is 7.90. The number of alkyl halides is 3. The van der Waals surface area contributed by atoms with Crippen LogP contribution in [-0.2, 0) is 20.8 Å². The quantitative estimate of drug-likeness (QED) is 0.677. The van der Waals surface area contributed by atoms with E-state index in [1.807, 2.05) is 0 Å². The number of carbonyl (C=O) groups is 3. The summed E-state index contributed by atoms with van der Waals surface area (Å²) < 4.78 is 62.1. The SMILES string of the molecule is CS(=O)(=O)CCC(C(=O)Nc1cccc(C(F)(F)F)c1)N1C(=O)c2ccccc2C1=O. The van der Waals surface area contributed by atoms with Crippen LogP contribution in [0.25, 0.3) is 0 Å². The molecule has 0 fully saturated rings.